The molecule has 0 atom stereocenters. The van der Waals surface area contributed by atoms with Gasteiger partial charge in [-0.15, -0.1) is 0 Å². The number of para-hydroxylation sites is 1. The van der Waals surface area contributed by atoms with Gasteiger partial charge in [0.1, 0.15) is 5.75 Å². The summed E-state index contributed by atoms with van der Waals surface area (Å²) in [6.45, 7) is 0. The number of anilines is 1. The summed E-state index contributed by atoms with van der Waals surface area (Å²) in [5.74, 6) is 1.32. The van der Waals surface area contributed by atoms with Crippen LogP contribution in [0, 0.1) is 0 Å². The highest BCUT2D eigenvalue weighted by Crippen LogP contribution is 2.27. The molecule has 3 aromatic rings. The van der Waals surface area contributed by atoms with Crippen LogP contribution < -0.4 is 10.5 Å². The number of furan rings is 1. The summed E-state index contributed by atoms with van der Waals surface area (Å²) in [7, 11) is 1.67. The lowest BCUT2D eigenvalue weighted by Crippen LogP contribution is -1.91. The largest absolute Gasteiger partial charge is 0.495 e. The van der Waals surface area contributed by atoms with E-state index >= 15 is 0 Å². The molecule has 0 unspecified atom stereocenters. The lowest BCUT2D eigenvalue weighted by atomic mass is 10.1. The quantitative estimate of drug-likeness (QED) is 0.742. The number of aromatic nitrogens is 1. The van der Waals surface area contributed by atoms with Crippen LogP contribution in [0.2, 0.25) is 0 Å². The molecule has 0 spiro atoms. The minimum absolute atomic E-state index is 0.473. The average Bonchev–Trinajstić information content (AvgIpc) is 2.95. The lowest BCUT2D eigenvalue weighted by Gasteiger charge is -2.00. The van der Waals surface area contributed by atoms with Gasteiger partial charge in [0.15, 0.2) is 5.88 Å². The predicted molar refractivity (Wildman–Crippen MR) is 70.8 cm³/mol. The maximum Gasteiger partial charge on any atom is 0.193 e. The van der Waals surface area contributed by atoms with Gasteiger partial charge in [-0.2, -0.15) is 0 Å². The van der Waals surface area contributed by atoms with Crippen LogP contribution in [0.5, 0.6) is 5.75 Å². The molecule has 18 heavy (non-hydrogen) atoms. The standard InChI is InChI=1S/C14H14N2O2/c1-17-12-4-2-3-9-7-11(16-13(9)12)8-10-5-6-18-14(10)15/h2-7,16H,8,15H2,1H3. The molecule has 3 N–H and O–H groups in total. The van der Waals surface area contributed by atoms with E-state index in [-0.39, 0.29) is 0 Å². The molecule has 4 nitrogen and oxygen atoms in total. The molecule has 92 valence electrons. The monoisotopic (exact) mass is 242 g/mol. The van der Waals surface area contributed by atoms with Crippen molar-refractivity contribution in [3.63, 3.8) is 0 Å². The molecule has 0 aliphatic heterocycles. The second-order valence-corrected chi connectivity index (χ2v) is 4.21. The number of nitrogens with one attached hydrogen (secondary N) is 1. The molecule has 0 aliphatic carbocycles. The first-order chi connectivity index (χ1) is 8.78. The molecule has 1 aromatic carbocycles. The van der Waals surface area contributed by atoms with Crippen molar-refractivity contribution in [1.82, 2.24) is 4.98 Å². The highest BCUT2D eigenvalue weighted by molar-refractivity contribution is 5.86. The zero-order valence-electron chi connectivity index (χ0n) is 10.1. The number of ether oxygens (including phenoxy) is 1. The summed E-state index contributed by atoms with van der Waals surface area (Å²) in [4.78, 5) is 3.36. The molecule has 0 amide bonds. The number of fused-ring (bicyclic) bond motifs is 1. The summed E-state index contributed by atoms with van der Waals surface area (Å²) in [5, 5.41) is 1.13. The number of nitrogens with two attached hydrogens (primary N) is 1. The number of nitrogen functional groups attached to an aromatic ring is 1. The minimum atomic E-state index is 0.473. The van der Waals surface area contributed by atoms with Crippen LogP contribution in [0.3, 0.4) is 0 Å². The van der Waals surface area contributed by atoms with Crippen molar-refractivity contribution in [2.45, 2.75) is 6.42 Å². The molecule has 0 saturated carbocycles. The Hall–Kier alpha value is -2.36. The van der Waals surface area contributed by atoms with E-state index in [0.29, 0.717) is 5.88 Å². The van der Waals surface area contributed by atoms with Crippen molar-refractivity contribution in [2.75, 3.05) is 12.8 Å². The molecule has 4 heteroatoms. The summed E-state index contributed by atoms with van der Waals surface area (Å²) < 4.78 is 10.4. The Morgan fingerprint density at radius 2 is 2.22 bits per heavy atom. The number of benzene rings is 1. The summed E-state index contributed by atoms with van der Waals surface area (Å²) in [6, 6.07) is 9.96. The number of methoxy groups -OCH3 is 1. The topological polar surface area (TPSA) is 64.2 Å². The Labute approximate surface area is 104 Å². The van der Waals surface area contributed by atoms with Gasteiger partial charge in [-0.05, 0) is 18.2 Å². The summed E-state index contributed by atoms with van der Waals surface area (Å²) in [6.07, 6.45) is 2.33. The third-order valence-electron chi connectivity index (χ3n) is 3.06. The third-order valence-corrected chi connectivity index (χ3v) is 3.06. The van der Waals surface area contributed by atoms with Crippen molar-refractivity contribution >= 4 is 16.8 Å². The molecular weight excluding hydrogens is 228 g/mol. The zero-order chi connectivity index (χ0) is 12.5. The van der Waals surface area contributed by atoms with E-state index in [1.165, 1.54) is 0 Å². The minimum Gasteiger partial charge on any atom is -0.495 e. The van der Waals surface area contributed by atoms with E-state index < -0.39 is 0 Å². The highest BCUT2D eigenvalue weighted by Gasteiger charge is 2.08. The molecule has 0 aliphatic rings. The van der Waals surface area contributed by atoms with Gasteiger partial charge in [-0.3, -0.25) is 0 Å². The predicted octanol–water partition coefficient (Wildman–Crippen LogP) is 2.94. The third kappa shape index (κ3) is 1.72. The van der Waals surface area contributed by atoms with E-state index in [4.69, 9.17) is 14.9 Å². The Balaban J connectivity index is 2.01. The lowest BCUT2D eigenvalue weighted by molar-refractivity contribution is 0.419. The molecular formula is C14H14N2O2. The van der Waals surface area contributed by atoms with Crippen LogP contribution in [0.25, 0.3) is 10.9 Å². The van der Waals surface area contributed by atoms with Crippen molar-refractivity contribution in [3.05, 3.63) is 47.9 Å². The van der Waals surface area contributed by atoms with Gasteiger partial charge in [-0.25, -0.2) is 0 Å². The Kier molecular flexibility index (Phi) is 2.48. The van der Waals surface area contributed by atoms with E-state index in [9.17, 15) is 0 Å². The zero-order valence-corrected chi connectivity index (χ0v) is 10.1. The van der Waals surface area contributed by atoms with Crippen LogP contribution >= 0.6 is 0 Å². The second-order valence-electron chi connectivity index (χ2n) is 4.21. The van der Waals surface area contributed by atoms with E-state index in [0.717, 1.165) is 34.3 Å². The normalized spacial score (nSPS) is 10.9. The molecule has 0 radical (unpaired) electrons. The number of hydrogen-bond acceptors (Lipinski definition) is 3. The molecule has 3 rings (SSSR count). The SMILES string of the molecule is COc1cccc2cc(Cc3ccoc3N)[nH]c12. The van der Waals surface area contributed by atoms with Crippen molar-refractivity contribution in [3.8, 4) is 5.75 Å². The summed E-state index contributed by atoms with van der Waals surface area (Å²) in [5.41, 5.74) is 8.82. The van der Waals surface area contributed by atoms with E-state index in [1.54, 1.807) is 13.4 Å². The van der Waals surface area contributed by atoms with Crippen LogP contribution in [0.1, 0.15) is 11.3 Å². The van der Waals surface area contributed by atoms with Gasteiger partial charge in [0, 0.05) is 23.1 Å². The Bertz CT molecular complexity index is 682. The molecule has 0 bridgehead atoms. The first kappa shape index (κ1) is 10.8. The first-order valence-corrected chi connectivity index (χ1v) is 5.74. The maximum absolute atomic E-state index is 5.73. The van der Waals surface area contributed by atoms with Gasteiger partial charge < -0.3 is 19.9 Å². The van der Waals surface area contributed by atoms with Crippen molar-refractivity contribution in [1.29, 1.82) is 0 Å². The van der Waals surface area contributed by atoms with E-state index in [1.807, 2.05) is 18.2 Å². The van der Waals surface area contributed by atoms with Crippen LogP contribution in [0.15, 0.2) is 41.0 Å². The van der Waals surface area contributed by atoms with Crippen molar-refractivity contribution in [2.24, 2.45) is 0 Å². The fraction of sp³-hybridized carbons (Fsp3) is 0.143. The Morgan fingerprint density at radius 1 is 1.33 bits per heavy atom. The first-order valence-electron chi connectivity index (χ1n) is 5.74. The summed E-state index contributed by atoms with van der Waals surface area (Å²) >= 11 is 0. The van der Waals surface area contributed by atoms with Crippen LogP contribution in [-0.4, -0.2) is 12.1 Å². The molecule has 0 saturated heterocycles. The molecule has 0 fully saturated rings. The number of rotatable bonds is 3. The number of hydrogen-bond donors (Lipinski definition) is 2. The number of aromatic amines is 1. The van der Waals surface area contributed by atoms with Crippen LogP contribution in [-0.2, 0) is 6.42 Å². The molecule has 2 aromatic heterocycles. The Morgan fingerprint density at radius 3 is 2.94 bits per heavy atom. The smallest absolute Gasteiger partial charge is 0.193 e. The van der Waals surface area contributed by atoms with E-state index in [2.05, 4.69) is 17.1 Å². The van der Waals surface area contributed by atoms with Gasteiger partial charge in [-0.1, -0.05) is 12.1 Å². The maximum atomic E-state index is 5.73. The molecule has 2 heterocycles. The van der Waals surface area contributed by atoms with Gasteiger partial charge in [0.2, 0.25) is 0 Å². The van der Waals surface area contributed by atoms with Gasteiger partial charge in [0.05, 0.1) is 18.9 Å². The average molecular weight is 242 g/mol. The number of H-pyrrole nitrogens is 1. The second kappa shape index (κ2) is 4.14. The fourth-order valence-corrected chi connectivity index (χ4v) is 2.15. The van der Waals surface area contributed by atoms with Crippen molar-refractivity contribution < 1.29 is 9.15 Å². The fourth-order valence-electron chi connectivity index (χ4n) is 2.15. The van der Waals surface area contributed by atoms with Gasteiger partial charge >= 0.3 is 0 Å². The van der Waals surface area contributed by atoms with Crippen LogP contribution in [0.4, 0.5) is 5.88 Å². The van der Waals surface area contributed by atoms with Gasteiger partial charge in [0.25, 0.3) is 0 Å². The highest BCUT2D eigenvalue weighted by atomic mass is 16.5.